The molecule has 3 aromatic rings. The Morgan fingerprint density at radius 1 is 1.17 bits per heavy atom. The number of phenols is 1. The molecule has 0 saturated carbocycles. The van der Waals surface area contributed by atoms with Gasteiger partial charge in [-0.05, 0) is 61.7 Å². The highest BCUT2D eigenvalue weighted by atomic mass is 35.5. The molecule has 1 amide bonds. The lowest BCUT2D eigenvalue weighted by Gasteiger charge is -2.32. The molecular formula is C22H20ClF2N3O2. The van der Waals surface area contributed by atoms with Gasteiger partial charge in [-0.1, -0.05) is 11.6 Å². The van der Waals surface area contributed by atoms with Crippen LogP contribution in [0.25, 0.3) is 11.3 Å². The molecule has 0 bridgehead atoms. The summed E-state index contributed by atoms with van der Waals surface area (Å²) in [6.45, 7) is 2.77. The first-order valence-electron chi connectivity index (χ1n) is 9.62. The fraction of sp³-hybridized carbons (Fsp3) is 0.273. The van der Waals surface area contributed by atoms with Crippen molar-refractivity contribution in [1.82, 2.24) is 14.7 Å². The molecule has 0 spiro atoms. The lowest BCUT2D eigenvalue weighted by Crippen LogP contribution is -2.39. The number of phenolic OH excluding ortho intramolecular Hbond substituents is 1. The van der Waals surface area contributed by atoms with E-state index in [1.807, 2.05) is 17.8 Å². The van der Waals surface area contributed by atoms with E-state index in [1.54, 1.807) is 4.90 Å². The van der Waals surface area contributed by atoms with Crippen molar-refractivity contribution < 1.29 is 18.7 Å². The van der Waals surface area contributed by atoms with E-state index in [0.29, 0.717) is 42.2 Å². The number of piperidine rings is 1. The van der Waals surface area contributed by atoms with Gasteiger partial charge >= 0.3 is 0 Å². The number of halogens is 3. The minimum absolute atomic E-state index is 0.0582. The molecule has 8 heteroatoms. The van der Waals surface area contributed by atoms with Crippen molar-refractivity contribution in [3.63, 3.8) is 0 Å². The highest BCUT2D eigenvalue weighted by molar-refractivity contribution is 6.33. The number of aromatic hydroxyl groups is 1. The predicted octanol–water partition coefficient (Wildman–Crippen LogP) is 4.97. The molecule has 1 fully saturated rings. The van der Waals surface area contributed by atoms with Crippen LogP contribution in [-0.4, -0.2) is 38.8 Å². The number of hydrogen-bond donors (Lipinski definition) is 1. The van der Waals surface area contributed by atoms with Crippen LogP contribution in [0.3, 0.4) is 0 Å². The predicted molar refractivity (Wildman–Crippen MR) is 110 cm³/mol. The van der Waals surface area contributed by atoms with Crippen molar-refractivity contribution in [2.45, 2.75) is 25.8 Å². The van der Waals surface area contributed by atoms with Gasteiger partial charge < -0.3 is 10.0 Å². The fourth-order valence-electron chi connectivity index (χ4n) is 3.80. The number of carbonyl (C=O) groups excluding carboxylic acids is 1. The maximum Gasteiger partial charge on any atom is 0.256 e. The first kappa shape index (κ1) is 20.3. The van der Waals surface area contributed by atoms with Crippen molar-refractivity contribution in [2.75, 3.05) is 13.1 Å². The summed E-state index contributed by atoms with van der Waals surface area (Å²) in [6, 6.07) is 7.68. The van der Waals surface area contributed by atoms with Gasteiger partial charge in [-0.2, -0.15) is 5.10 Å². The number of benzene rings is 2. The summed E-state index contributed by atoms with van der Waals surface area (Å²) in [5.74, 6) is -1.62. The third kappa shape index (κ3) is 3.89. The van der Waals surface area contributed by atoms with Gasteiger partial charge in [0.05, 0.1) is 22.3 Å². The average molecular weight is 432 g/mol. The Labute approximate surface area is 177 Å². The number of nitrogens with zero attached hydrogens (tertiary/aromatic N) is 3. The maximum absolute atomic E-state index is 14.0. The maximum atomic E-state index is 14.0. The Hall–Kier alpha value is -2.93. The van der Waals surface area contributed by atoms with Crippen LogP contribution in [0.4, 0.5) is 8.78 Å². The molecule has 1 saturated heterocycles. The quantitative estimate of drug-likeness (QED) is 0.636. The summed E-state index contributed by atoms with van der Waals surface area (Å²) in [4.78, 5) is 14.2. The summed E-state index contributed by atoms with van der Waals surface area (Å²) in [7, 11) is 0. The standard InChI is InChI=1S/C22H20ClF2N3O2/c1-13-12-28(26-21(13)17-10-14(24)2-4-19(17)23)15-6-8-27(9-7-15)22(30)18-11-16(29)3-5-20(18)25/h2-5,10-12,15,29H,6-9H2,1H3. The van der Waals surface area contributed by atoms with Crippen molar-refractivity contribution in [3.8, 4) is 17.0 Å². The Balaban J connectivity index is 1.49. The van der Waals surface area contributed by atoms with E-state index in [9.17, 15) is 18.7 Å². The van der Waals surface area contributed by atoms with Crippen LogP contribution in [0.15, 0.2) is 42.6 Å². The molecule has 4 rings (SSSR count). The number of hydrogen-bond acceptors (Lipinski definition) is 3. The zero-order valence-corrected chi connectivity index (χ0v) is 17.0. The molecule has 1 aliphatic rings. The second-order valence-corrected chi connectivity index (χ2v) is 7.86. The zero-order chi connectivity index (χ0) is 21.4. The highest BCUT2D eigenvalue weighted by Gasteiger charge is 2.27. The Morgan fingerprint density at radius 3 is 2.63 bits per heavy atom. The normalized spacial score (nSPS) is 14.9. The third-order valence-corrected chi connectivity index (χ3v) is 5.73. The number of amides is 1. The second kappa shape index (κ2) is 8.07. The van der Waals surface area contributed by atoms with Crippen molar-refractivity contribution in [2.24, 2.45) is 0 Å². The largest absolute Gasteiger partial charge is 0.508 e. The molecule has 156 valence electrons. The highest BCUT2D eigenvalue weighted by Crippen LogP contribution is 2.32. The molecular weight excluding hydrogens is 412 g/mol. The summed E-state index contributed by atoms with van der Waals surface area (Å²) in [5.41, 5.74) is 1.91. The van der Waals surface area contributed by atoms with E-state index >= 15 is 0 Å². The summed E-state index contributed by atoms with van der Waals surface area (Å²) in [6.07, 6.45) is 3.18. The van der Waals surface area contributed by atoms with Crippen LogP contribution in [-0.2, 0) is 0 Å². The number of likely N-dealkylation sites (tertiary alicyclic amines) is 1. The van der Waals surface area contributed by atoms with E-state index < -0.39 is 11.7 Å². The third-order valence-electron chi connectivity index (χ3n) is 5.40. The van der Waals surface area contributed by atoms with Gasteiger partial charge in [0.2, 0.25) is 0 Å². The first-order valence-corrected chi connectivity index (χ1v) is 10.00. The van der Waals surface area contributed by atoms with E-state index in [4.69, 9.17) is 11.6 Å². The minimum Gasteiger partial charge on any atom is -0.508 e. The Kier molecular flexibility index (Phi) is 5.47. The molecule has 0 radical (unpaired) electrons. The smallest absolute Gasteiger partial charge is 0.256 e. The van der Waals surface area contributed by atoms with Gasteiger partial charge in [-0.25, -0.2) is 8.78 Å². The molecule has 0 unspecified atom stereocenters. The van der Waals surface area contributed by atoms with Crippen LogP contribution >= 0.6 is 11.6 Å². The summed E-state index contributed by atoms with van der Waals surface area (Å²) >= 11 is 6.23. The second-order valence-electron chi connectivity index (χ2n) is 7.45. The van der Waals surface area contributed by atoms with E-state index in [0.717, 1.165) is 17.7 Å². The van der Waals surface area contributed by atoms with Crippen LogP contribution in [0.1, 0.15) is 34.8 Å². The van der Waals surface area contributed by atoms with Gasteiger partial charge in [0.25, 0.3) is 5.91 Å². The van der Waals surface area contributed by atoms with Crippen LogP contribution in [0.5, 0.6) is 5.75 Å². The molecule has 2 heterocycles. The minimum atomic E-state index is -0.653. The zero-order valence-electron chi connectivity index (χ0n) is 16.3. The summed E-state index contributed by atoms with van der Waals surface area (Å²) < 4.78 is 29.5. The molecule has 1 N–H and O–H groups in total. The first-order chi connectivity index (χ1) is 14.3. The number of aromatic nitrogens is 2. The van der Waals surface area contributed by atoms with Crippen molar-refractivity contribution in [1.29, 1.82) is 0 Å². The lowest BCUT2D eigenvalue weighted by molar-refractivity contribution is 0.0685. The Morgan fingerprint density at radius 2 is 1.90 bits per heavy atom. The number of aryl methyl sites for hydroxylation is 1. The average Bonchev–Trinajstić information content (AvgIpc) is 3.12. The van der Waals surface area contributed by atoms with E-state index in [2.05, 4.69) is 5.10 Å². The van der Waals surface area contributed by atoms with Crippen LogP contribution in [0, 0.1) is 18.6 Å². The summed E-state index contributed by atoms with van der Waals surface area (Å²) in [5, 5.41) is 14.6. The van der Waals surface area contributed by atoms with E-state index in [1.165, 1.54) is 24.3 Å². The van der Waals surface area contributed by atoms with E-state index in [-0.39, 0.29) is 23.2 Å². The molecule has 0 atom stereocenters. The molecule has 30 heavy (non-hydrogen) atoms. The van der Waals surface area contributed by atoms with Gasteiger partial charge in [-0.3, -0.25) is 9.48 Å². The fourth-order valence-corrected chi connectivity index (χ4v) is 4.00. The van der Waals surface area contributed by atoms with Crippen LogP contribution in [0.2, 0.25) is 5.02 Å². The molecule has 0 aliphatic carbocycles. The molecule has 1 aromatic heterocycles. The Bertz CT molecular complexity index is 1110. The van der Waals surface area contributed by atoms with Gasteiger partial charge in [0.15, 0.2) is 0 Å². The molecule has 2 aromatic carbocycles. The monoisotopic (exact) mass is 431 g/mol. The number of rotatable bonds is 3. The van der Waals surface area contributed by atoms with Crippen molar-refractivity contribution >= 4 is 17.5 Å². The van der Waals surface area contributed by atoms with Crippen molar-refractivity contribution in [3.05, 3.63) is 70.4 Å². The van der Waals surface area contributed by atoms with Gasteiger partial charge in [0.1, 0.15) is 17.4 Å². The molecule has 5 nitrogen and oxygen atoms in total. The lowest BCUT2D eigenvalue weighted by atomic mass is 10.0. The van der Waals surface area contributed by atoms with Crippen LogP contribution < -0.4 is 0 Å². The topological polar surface area (TPSA) is 58.4 Å². The van der Waals surface area contributed by atoms with Gasteiger partial charge in [-0.15, -0.1) is 0 Å². The molecule has 1 aliphatic heterocycles. The van der Waals surface area contributed by atoms with Gasteiger partial charge in [0, 0.05) is 24.8 Å². The number of carbonyl (C=O) groups is 1. The SMILES string of the molecule is Cc1cn(C2CCN(C(=O)c3cc(O)ccc3F)CC2)nc1-c1cc(F)ccc1Cl.